The van der Waals surface area contributed by atoms with Gasteiger partial charge in [-0.25, -0.2) is 9.97 Å². The highest BCUT2D eigenvalue weighted by Crippen LogP contribution is 2.34. The van der Waals surface area contributed by atoms with Crippen LogP contribution in [0.4, 0.5) is 24.7 Å². The number of hydrogen-bond donors (Lipinski definition) is 1. The lowest BCUT2D eigenvalue weighted by Gasteiger charge is -2.13. The number of halogens is 5. The molecule has 2 aromatic carbocycles. The summed E-state index contributed by atoms with van der Waals surface area (Å²) >= 11 is 12.2. The molecule has 0 atom stereocenters. The average molecular weight is 386 g/mol. The normalized spacial score (nSPS) is 11.8. The predicted molar refractivity (Wildman–Crippen MR) is 93.7 cm³/mol. The Morgan fingerprint density at radius 1 is 1.08 bits per heavy atom. The average Bonchev–Trinajstić information content (AvgIpc) is 2.55. The summed E-state index contributed by atoms with van der Waals surface area (Å²) in [5, 5.41) is 4.19. The Bertz CT molecular complexity index is 942. The lowest BCUT2D eigenvalue weighted by atomic mass is 10.2. The smallest absolute Gasteiger partial charge is 0.340 e. The molecule has 0 aliphatic heterocycles. The zero-order valence-corrected chi connectivity index (χ0v) is 14.5. The Morgan fingerprint density at radius 2 is 1.84 bits per heavy atom. The van der Waals surface area contributed by atoms with Gasteiger partial charge in [0.05, 0.1) is 16.1 Å². The van der Waals surface area contributed by atoms with Gasteiger partial charge >= 0.3 is 6.18 Å². The fourth-order valence-electron chi connectivity index (χ4n) is 2.37. The summed E-state index contributed by atoms with van der Waals surface area (Å²) < 4.78 is 38.7. The van der Waals surface area contributed by atoms with Crippen molar-refractivity contribution in [2.75, 3.05) is 5.32 Å². The maximum Gasteiger partial charge on any atom is 0.416 e. The first-order chi connectivity index (χ1) is 11.8. The number of nitrogens with zero attached hydrogens (tertiary/aromatic N) is 2. The number of nitrogens with one attached hydrogen (secondary N) is 1. The highest BCUT2D eigenvalue weighted by Gasteiger charge is 2.30. The summed E-state index contributed by atoms with van der Waals surface area (Å²) in [4.78, 5) is 8.74. The molecule has 8 heteroatoms. The van der Waals surface area contributed by atoms with Crippen LogP contribution in [0.15, 0.2) is 36.4 Å². The highest BCUT2D eigenvalue weighted by molar-refractivity contribution is 6.38. The first kappa shape index (κ1) is 17.8. The van der Waals surface area contributed by atoms with Crippen LogP contribution in [0.2, 0.25) is 10.0 Å². The van der Waals surface area contributed by atoms with Gasteiger partial charge in [-0.1, -0.05) is 36.2 Å². The number of alkyl halides is 3. The second-order valence-electron chi connectivity index (χ2n) is 5.33. The molecule has 0 radical (unpaired) electrons. The molecule has 0 saturated heterocycles. The van der Waals surface area contributed by atoms with Gasteiger partial charge in [0.2, 0.25) is 0 Å². The van der Waals surface area contributed by atoms with Crippen molar-refractivity contribution in [2.24, 2.45) is 0 Å². The summed E-state index contributed by atoms with van der Waals surface area (Å²) in [6.07, 6.45) is -3.88. The fourth-order valence-corrected chi connectivity index (χ4v) is 2.90. The van der Waals surface area contributed by atoms with Crippen molar-refractivity contribution >= 4 is 45.6 Å². The van der Waals surface area contributed by atoms with Crippen molar-refractivity contribution in [2.45, 2.75) is 19.5 Å². The SMILES string of the molecule is CCc1nc(Nc2cccc(C(F)(F)F)c2)c2cc(Cl)cc(Cl)c2n1. The molecular weight excluding hydrogens is 374 g/mol. The van der Waals surface area contributed by atoms with Gasteiger partial charge in [0, 0.05) is 22.5 Å². The van der Waals surface area contributed by atoms with Crippen LogP contribution in [0.3, 0.4) is 0 Å². The van der Waals surface area contributed by atoms with Crippen molar-refractivity contribution in [3.05, 3.63) is 57.8 Å². The third kappa shape index (κ3) is 3.80. The van der Waals surface area contributed by atoms with Gasteiger partial charge in [-0.05, 0) is 30.3 Å². The Hall–Kier alpha value is -2.05. The number of rotatable bonds is 3. The molecule has 1 N–H and O–H groups in total. The van der Waals surface area contributed by atoms with Gasteiger partial charge in [-0.3, -0.25) is 0 Å². The minimum atomic E-state index is -4.42. The number of benzene rings is 2. The highest BCUT2D eigenvalue weighted by atomic mass is 35.5. The van der Waals surface area contributed by atoms with Crippen molar-refractivity contribution < 1.29 is 13.2 Å². The zero-order valence-electron chi connectivity index (χ0n) is 13.0. The largest absolute Gasteiger partial charge is 0.416 e. The van der Waals surface area contributed by atoms with Crippen LogP contribution in [-0.4, -0.2) is 9.97 Å². The summed E-state index contributed by atoms with van der Waals surface area (Å²) in [6, 6.07) is 8.07. The second kappa shape index (κ2) is 6.69. The molecule has 0 spiro atoms. The van der Waals surface area contributed by atoms with E-state index in [0.29, 0.717) is 39.0 Å². The van der Waals surface area contributed by atoms with Crippen molar-refractivity contribution in [1.82, 2.24) is 9.97 Å². The Kier molecular flexibility index (Phi) is 4.75. The molecule has 0 bridgehead atoms. The Balaban J connectivity index is 2.12. The van der Waals surface area contributed by atoms with Crippen molar-refractivity contribution in [3.63, 3.8) is 0 Å². The maximum atomic E-state index is 12.9. The van der Waals surface area contributed by atoms with Crippen LogP contribution in [-0.2, 0) is 12.6 Å². The first-order valence-electron chi connectivity index (χ1n) is 7.38. The van der Waals surface area contributed by atoms with E-state index >= 15 is 0 Å². The predicted octanol–water partition coefficient (Wildman–Crippen LogP) is 6.26. The molecule has 0 amide bonds. The van der Waals surface area contributed by atoms with Crippen LogP contribution < -0.4 is 5.32 Å². The van der Waals surface area contributed by atoms with Crippen LogP contribution in [0.1, 0.15) is 18.3 Å². The molecule has 3 rings (SSSR count). The standard InChI is InChI=1S/C17H12Cl2F3N3/c1-2-14-24-15-12(7-10(18)8-13(15)19)16(25-14)23-11-5-3-4-9(6-11)17(20,21)22/h3-8H,2H2,1H3,(H,23,24,25). The topological polar surface area (TPSA) is 37.8 Å². The number of anilines is 2. The van der Waals surface area contributed by atoms with E-state index < -0.39 is 11.7 Å². The molecular formula is C17H12Cl2F3N3. The van der Waals surface area contributed by atoms with Crippen molar-refractivity contribution in [1.29, 1.82) is 0 Å². The van der Waals surface area contributed by atoms with Gasteiger partial charge in [-0.2, -0.15) is 13.2 Å². The van der Waals surface area contributed by atoms with Crippen LogP contribution in [0, 0.1) is 0 Å². The van der Waals surface area contributed by atoms with E-state index in [1.165, 1.54) is 12.1 Å². The minimum Gasteiger partial charge on any atom is -0.340 e. The third-order valence-corrected chi connectivity index (χ3v) is 4.04. The van der Waals surface area contributed by atoms with Gasteiger partial charge in [0.1, 0.15) is 11.6 Å². The fraction of sp³-hybridized carbons (Fsp3) is 0.176. The summed E-state index contributed by atoms with van der Waals surface area (Å²) in [5.41, 5.74) is 0.00279. The number of hydrogen-bond acceptors (Lipinski definition) is 3. The first-order valence-corrected chi connectivity index (χ1v) is 8.13. The number of aromatic nitrogens is 2. The summed E-state index contributed by atoms with van der Waals surface area (Å²) in [6.45, 7) is 1.87. The van der Waals surface area contributed by atoms with E-state index in [-0.39, 0.29) is 5.69 Å². The van der Waals surface area contributed by atoms with E-state index in [9.17, 15) is 13.2 Å². The lowest BCUT2D eigenvalue weighted by Crippen LogP contribution is -2.06. The molecule has 130 valence electrons. The van der Waals surface area contributed by atoms with E-state index in [1.54, 1.807) is 12.1 Å². The molecule has 1 aromatic heterocycles. The van der Waals surface area contributed by atoms with Crippen LogP contribution >= 0.6 is 23.2 Å². The Labute approximate surface area is 151 Å². The monoisotopic (exact) mass is 385 g/mol. The molecule has 0 aliphatic rings. The van der Waals surface area contributed by atoms with E-state index in [1.807, 2.05) is 6.92 Å². The molecule has 0 fully saturated rings. The molecule has 1 heterocycles. The summed E-state index contributed by atoms with van der Waals surface area (Å²) in [7, 11) is 0. The van der Waals surface area contributed by atoms with Gasteiger partial charge < -0.3 is 5.32 Å². The van der Waals surface area contributed by atoms with Crippen molar-refractivity contribution in [3.8, 4) is 0 Å². The lowest BCUT2D eigenvalue weighted by molar-refractivity contribution is -0.137. The molecule has 25 heavy (non-hydrogen) atoms. The number of aryl methyl sites for hydroxylation is 1. The van der Waals surface area contributed by atoms with Gasteiger partial charge in [0.25, 0.3) is 0 Å². The van der Waals surface area contributed by atoms with Gasteiger partial charge in [0.15, 0.2) is 0 Å². The second-order valence-corrected chi connectivity index (χ2v) is 6.17. The number of fused-ring (bicyclic) bond motifs is 1. The van der Waals surface area contributed by atoms with E-state index in [4.69, 9.17) is 23.2 Å². The third-order valence-electron chi connectivity index (χ3n) is 3.53. The minimum absolute atomic E-state index is 0.257. The molecule has 0 aliphatic carbocycles. The molecule has 0 saturated carbocycles. The molecule has 3 nitrogen and oxygen atoms in total. The Morgan fingerprint density at radius 3 is 2.52 bits per heavy atom. The summed E-state index contributed by atoms with van der Waals surface area (Å²) in [5.74, 6) is 0.872. The van der Waals surface area contributed by atoms with E-state index in [2.05, 4.69) is 15.3 Å². The molecule has 0 unspecified atom stereocenters. The quantitative estimate of drug-likeness (QED) is 0.577. The zero-order chi connectivity index (χ0) is 18.2. The molecule has 3 aromatic rings. The maximum absolute atomic E-state index is 12.9. The van der Waals surface area contributed by atoms with E-state index in [0.717, 1.165) is 12.1 Å². The van der Waals surface area contributed by atoms with Gasteiger partial charge in [-0.15, -0.1) is 0 Å². The van der Waals surface area contributed by atoms with Crippen LogP contribution in [0.5, 0.6) is 0 Å². The van der Waals surface area contributed by atoms with Crippen LogP contribution in [0.25, 0.3) is 10.9 Å².